The molecule has 9 nitrogen and oxygen atoms in total. The molecule has 1 aliphatic heterocycles. The van der Waals surface area contributed by atoms with Gasteiger partial charge in [0.15, 0.2) is 11.5 Å². The lowest BCUT2D eigenvalue weighted by Crippen LogP contribution is -2.50. The highest BCUT2D eigenvalue weighted by Crippen LogP contribution is 2.26. The minimum absolute atomic E-state index is 0.120. The van der Waals surface area contributed by atoms with Crippen molar-refractivity contribution in [2.45, 2.75) is 13.8 Å². The van der Waals surface area contributed by atoms with E-state index in [0.717, 1.165) is 35.8 Å². The van der Waals surface area contributed by atoms with Crippen molar-refractivity contribution in [3.05, 3.63) is 41.9 Å². The number of nitrogens with one attached hydrogen (secondary N) is 1. The fourth-order valence-electron chi connectivity index (χ4n) is 3.35. The van der Waals surface area contributed by atoms with Crippen molar-refractivity contribution in [3.8, 4) is 5.75 Å². The Balaban J connectivity index is 1.40. The lowest BCUT2D eigenvalue weighted by Gasteiger charge is -2.35. The molecule has 1 fully saturated rings. The van der Waals surface area contributed by atoms with Crippen LogP contribution < -0.4 is 15.0 Å². The highest BCUT2D eigenvalue weighted by Gasteiger charge is 2.22. The maximum Gasteiger partial charge on any atom is 0.322 e. The Labute approximate surface area is 162 Å². The van der Waals surface area contributed by atoms with E-state index in [-0.39, 0.29) is 6.03 Å². The zero-order valence-corrected chi connectivity index (χ0v) is 16.2. The van der Waals surface area contributed by atoms with Gasteiger partial charge in [0.25, 0.3) is 0 Å². The Morgan fingerprint density at radius 1 is 1.11 bits per heavy atom. The number of fused-ring (bicyclic) bond motifs is 1. The molecule has 28 heavy (non-hydrogen) atoms. The average molecular weight is 381 g/mol. The van der Waals surface area contributed by atoms with Crippen LogP contribution in [-0.2, 0) is 0 Å². The molecule has 0 unspecified atom stereocenters. The number of hydrogen-bond acceptors (Lipinski definition) is 6. The average Bonchev–Trinajstić information content (AvgIpc) is 3.08. The molecule has 9 heteroatoms. The van der Waals surface area contributed by atoms with Crippen molar-refractivity contribution < 1.29 is 9.53 Å². The number of rotatable bonds is 3. The van der Waals surface area contributed by atoms with Gasteiger partial charge < -0.3 is 19.9 Å². The molecule has 0 radical (unpaired) electrons. The summed E-state index contributed by atoms with van der Waals surface area (Å²) < 4.78 is 7.05. The summed E-state index contributed by atoms with van der Waals surface area (Å²) in [7, 11) is 1.60. The number of aromatic nitrogens is 4. The van der Waals surface area contributed by atoms with Crippen molar-refractivity contribution in [1.82, 2.24) is 24.7 Å². The monoisotopic (exact) mass is 381 g/mol. The van der Waals surface area contributed by atoms with Crippen LogP contribution in [0, 0.1) is 13.8 Å². The number of amides is 2. The van der Waals surface area contributed by atoms with Gasteiger partial charge in [0.1, 0.15) is 5.75 Å². The third kappa shape index (κ3) is 3.42. The molecule has 0 spiro atoms. The van der Waals surface area contributed by atoms with E-state index < -0.39 is 0 Å². The van der Waals surface area contributed by atoms with Crippen LogP contribution in [0.15, 0.2) is 30.5 Å². The fourth-order valence-corrected chi connectivity index (χ4v) is 3.35. The number of ether oxygens (including phenoxy) is 1. The molecule has 1 aliphatic rings. The molecule has 4 rings (SSSR count). The van der Waals surface area contributed by atoms with Crippen LogP contribution in [0.5, 0.6) is 5.75 Å². The van der Waals surface area contributed by atoms with Crippen LogP contribution in [0.2, 0.25) is 0 Å². The van der Waals surface area contributed by atoms with Crippen LogP contribution in [0.3, 0.4) is 0 Å². The summed E-state index contributed by atoms with van der Waals surface area (Å²) in [6.07, 6.45) is 1.82. The number of nitrogens with zero attached hydrogens (tertiary/aromatic N) is 6. The van der Waals surface area contributed by atoms with Crippen molar-refractivity contribution in [1.29, 1.82) is 0 Å². The van der Waals surface area contributed by atoms with Gasteiger partial charge in [-0.25, -0.2) is 4.79 Å². The largest absolute Gasteiger partial charge is 0.495 e. The second-order valence-corrected chi connectivity index (χ2v) is 6.84. The van der Waals surface area contributed by atoms with E-state index >= 15 is 0 Å². The zero-order chi connectivity index (χ0) is 19.7. The van der Waals surface area contributed by atoms with Gasteiger partial charge in [-0.2, -0.15) is 9.61 Å². The summed E-state index contributed by atoms with van der Waals surface area (Å²) in [5.41, 5.74) is 3.46. The number of methoxy groups -OCH3 is 1. The Hall–Kier alpha value is -3.36. The molecule has 1 N–H and O–H groups in total. The number of piperazine rings is 1. The molecule has 2 amide bonds. The fraction of sp³-hybridized carbons (Fsp3) is 0.368. The first-order valence-electron chi connectivity index (χ1n) is 9.19. The van der Waals surface area contributed by atoms with Gasteiger partial charge in [-0.05, 0) is 31.5 Å². The Morgan fingerprint density at radius 2 is 1.89 bits per heavy atom. The van der Waals surface area contributed by atoms with E-state index in [2.05, 4.69) is 25.5 Å². The third-order valence-corrected chi connectivity index (χ3v) is 4.93. The molecule has 3 aromatic rings. The second kappa shape index (κ2) is 7.34. The predicted molar refractivity (Wildman–Crippen MR) is 106 cm³/mol. The van der Waals surface area contributed by atoms with Gasteiger partial charge in [0.05, 0.1) is 24.7 Å². The van der Waals surface area contributed by atoms with Crippen LogP contribution >= 0.6 is 0 Å². The highest BCUT2D eigenvalue weighted by molar-refractivity contribution is 5.91. The summed E-state index contributed by atoms with van der Waals surface area (Å²) in [5.74, 6) is 1.41. The molecule has 0 bridgehead atoms. The Morgan fingerprint density at radius 3 is 2.64 bits per heavy atom. The van der Waals surface area contributed by atoms with Crippen LogP contribution in [0.1, 0.15) is 11.4 Å². The Kier molecular flexibility index (Phi) is 4.72. The molecule has 1 saturated heterocycles. The number of carbonyl (C=O) groups excluding carboxylic acids is 1. The van der Waals surface area contributed by atoms with Crippen molar-refractivity contribution in [3.63, 3.8) is 0 Å². The number of aryl methyl sites for hydroxylation is 2. The van der Waals surface area contributed by atoms with E-state index in [1.807, 2.05) is 49.2 Å². The van der Waals surface area contributed by atoms with Gasteiger partial charge in [-0.1, -0.05) is 6.07 Å². The third-order valence-electron chi connectivity index (χ3n) is 4.93. The van der Waals surface area contributed by atoms with Gasteiger partial charge in [0.2, 0.25) is 0 Å². The SMILES string of the molecule is COc1ccc(C)cc1NC(=O)N1CCN(c2cnn3c(C)nnc3c2)CC1. The molecule has 2 aromatic heterocycles. The van der Waals surface area contributed by atoms with E-state index in [9.17, 15) is 4.79 Å². The Bertz CT molecular complexity index is 1010. The molecular weight excluding hydrogens is 358 g/mol. The van der Waals surface area contributed by atoms with Crippen molar-refractivity contribution in [2.75, 3.05) is 43.5 Å². The molecule has 1 aromatic carbocycles. The van der Waals surface area contributed by atoms with Crippen LogP contribution in [0.4, 0.5) is 16.2 Å². The summed E-state index contributed by atoms with van der Waals surface area (Å²) >= 11 is 0. The second-order valence-electron chi connectivity index (χ2n) is 6.84. The van der Waals surface area contributed by atoms with Gasteiger partial charge >= 0.3 is 6.03 Å². The quantitative estimate of drug-likeness (QED) is 0.748. The molecule has 146 valence electrons. The molecular formula is C19H23N7O2. The first-order valence-corrected chi connectivity index (χ1v) is 9.19. The van der Waals surface area contributed by atoms with Crippen LogP contribution in [-0.4, -0.2) is 64.0 Å². The normalized spacial score (nSPS) is 14.4. The van der Waals surface area contributed by atoms with Gasteiger partial charge in [-0.3, -0.25) is 0 Å². The smallest absolute Gasteiger partial charge is 0.322 e. The molecule has 0 atom stereocenters. The van der Waals surface area contributed by atoms with Crippen LogP contribution in [0.25, 0.3) is 5.65 Å². The molecule has 3 heterocycles. The number of benzene rings is 1. The van der Waals surface area contributed by atoms with E-state index in [0.29, 0.717) is 24.5 Å². The number of anilines is 2. The summed E-state index contributed by atoms with van der Waals surface area (Å²) in [6.45, 7) is 6.54. The number of urea groups is 1. The van der Waals surface area contributed by atoms with E-state index in [1.54, 1.807) is 11.6 Å². The van der Waals surface area contributed by atoms with Crippen molar-refractivity contribution >= 4 is 23.1 Å². The maximum absolute atomic E-state index is 12.7. The first kappa shape index (κ1) is 18.0. The highest BCUT2D eigenvalue weighted by atomic mass is 16.5. The minimum Gasteiger partial charge on any atom is -0.495 e. The number of carbonyl (C=O) groups is 1. The lowest BCUT2D eigenvalue weighted by atomic mass is 10.2. The minimum atomic E-state index is -0.120. The van der Waals surface area contributed by atoms with E-state index in [1.165, 1.54) is 0 Å². The van der Waals surface area contributed by atoms with E-state index in [4.69, 9.17) is 4.74 Å². The lowest BCUT2D eigenvalue weighted by molar-refractivity contribution is 0.208. The summed E-state index contributed by atoms with van der Waals surface area (Å²) in [4.78, 5) is 16.7. The molecule has 0 saturated carbocycles. The zero-order valence-electron chi connectivity index (χ0n) is 16.2. The summed E-state index contributed by atoms with van der Waals surface area (Å²) in [5, 5.41) is 15.5. The molecule has 0 aliphatic carbocycles. The maximum atomic E-state index is 12.7. The van der Waals surface area contributed by atoms with Gasteiger partial charge in [-0.15, -0.1) is 10.2 Å². The van der Waals surface area contributed by atoms with Gasteiger partial charge in [0, 0.05) is 32.2 Å². The number of hydrogen-bond donors (Lipinski definition) is 1. The van der Waals surface area contributed by atoms with Crippen molar-refractivity contribution in [2.24, 2.45) is 0 Å². The first-order chi connectivity index (χ1) is 13.5. The topological polar surface area (TPSA) is 87.9 Å². The predicted octanol–water partition coefficient (Wildman–Crippen LogP) is 2.10. The summed E-state index contributed by atoms with van der Waals surface area (Å²) in [6, 6.07) is 7.58. The standard InChI is InChI=1S/C19H23N7O2/c1-13-4-5-17(28-3)16(10-13)21-19(27)25-8-6-24(7-9-25)15-11-18-23-22-14(2)26(18)20-12-15/h4-5,10-12H,6-9H2,1-3H3,(H,21,27).